The number of anilines is 3. The van der Waals surface area contributed by atoms with Crippen LogP contribution in [0.5, 0.6) is 0 Å². The van der Waals surface area contributed by atoms with E-state index < -0.39 is 0 Å². The third-order valence-corrected chi connectivity index (χ3v) is 2.39. The largest absolute Gasteiger partial charge is 0.368 e. The summed E-state index contributed by atoms with van der Waals surface area (Å²) in [5.41, 5.74) is 6.49. The highest BCUT2D eigenvalue weighted by atomic mass is 32.2. The van der Waals surface area contributed by atoms with Gasteiger partial charge in [-0.15, -0.1) is 0 Å². The van der Waals surface area contributed by atoms with Crippen molar-refractivity contribution >= 4 is 29.3 Å². The molecule has 6 heteroatoms. The van der Waals surface area contributed by atoms with Crippen molar-refractivity contribution in [1.82, 2.24) is 15.0 Å². The average molecular weight is 233 g/mol. The summed E-state index contributed by atoms with van der Waals surface area (Å²) in [5, 5.41) is 3.67. The van der Waals surface area contributed by atoms with Crippen LogP contribution < -0.4 is 11.1 Å². The van der Waals surface area contributed by atoms with Crippen molar-refractivity contribution in [1.29, 1.82) is 0 Å². The molecule has 0 atom stereocenters. The number of para-hydroxylation sites is 1. The Morgan fingerprint density at radius 2 is 1.88 bits per heavy atom. The minimum absolute atomic E-state index is 0.220. The van der Waals surface area contributed by atoms with Crippen LogP contribution in [0.3, 0.4) is 0 Å². The molecular weight excluding hydrogens is 222 g/mol. The number of aromatic nitrogens is 3. The van der Waals surface area contributed by atoms with Crippen LogP contribution in [0.25, 0.3) is 0 Å². The molecule has 0 saturated heterocycles. The zero-order valence-corrected chi connectivity index (χ0v) is 9.53. The number of hydrogen-bond acceptors (Lipinski definition) is 6. The molecule has 16 heavy (non-hydrogen) atoms. The smallest absolute Gasteiger partial charge is 0.233 e. The number of nitrogens with zero attached hydrogens (tertiary/aromatic N) is 3. The van der Waals surface area contributed by atoms with Gasteiger partial charge in [0.15, 0.2) is 5.16 Å². The fourth-order valence-electron chi connectivity index (χ4n) is 1.17. The number of nitrogens with one attached hydrogen (secondary N) is 1. The van der Waals surface area contributed by atoms with Gasteiger partial charge < -0.3 is 11.1 Å². The summed E-state index contributed by atoms with van der Waals surface area (Å²) in [6, 6.07) is 9.67. The SMILES string of the molecule is CSc1nc(N)nc(Nc2ccccc2)n1. The molecular formula is C10H11N5S. The lowest BCUT2D eigenvalue weighted by atomic mass is 10.3. The minimum atomic E-state index is 0.220. The lowest BCUT2D eigenvalue weighted by Gasteiger charge is -2.05. The van der Waals surface area contributed by atoms with Gasteiger partial charge in [0.05, 0.1) is 0 Å². The summed E-state index contributed by atoms with van der Waals surface area (Å²) in [7, 11) is 0. The van der Waals surface area contributed by atoms with E-state index in [0.717, 1.165) is 5.69 Å². The molecule has 1 heterocycles. The second-order valence-corrected chi connectivity index (χ2v) is 3.77. The first-order chi connectivity index (χ1) is 7.78. The van der Waals surface area contributed by atoms with Gasteiger partial charge in [-0.25, -0.2) is 0 Å². The highest BCUT2D eigenvalue weighted by Gasteiger charge is 2.03. The van der Waals surface area contributed by atoms with Crippen LogP contribution in [0.4, 0.5) is 17.6 Å². The van der Waals surface area contributed by atoms with Crippen LogP contribution in [0.2, 0.25) is 0 Å². The molecule has 1 aromatic carbocycles. The maximum absolute atomic E-state index is 5.57. The molecule has 0 saturated carbocycles. The number of thioether (sulfide) groups is 1. The molecule has 1 aromatic heterocycles. The fraction of sp³-hybridized carbons (Fsp3) is 0.100. The molecule has 0 fully saturated rings. The second kappa shape index (κ2) is 4.80. The molecule has 2 rings (SSSR count). The Morgan fingerprint density at radius 1 is 1.12 bits per heavy atom. The lowest BCUT2D eigenvalue weighted by molar-refractivity contribution is 0.927. The van der Waals surface area contributed by atoms with Gasteiger partial charge in [0.1, 0.15) is 0 Å². The van der Waals surface area contributed by atoms with E-state index in [4.69, 9.17) is 5.73 Å². The van der Waals surface area contributed by atoms with Crippen LogP contribution in [0, 0.1) is 0 Å². The molecule has 0 aliphatic carbocycles. The predicted molar refractivity (Wildman–Crippen MR) is 65.7 cm³/mol. The quantitative estimate of drug-likeness (QED) is 0.789. The molecule has 0 aliphatic heterocycles. The van der Waals surface area contributed by atoms with Crippen LogP contribution in [0.15, 0.2) is 35.5 Å². The molecule has 82 valence electrons. The van der Waals surface area contributed by atoms with Crippen LogP contribution in [-0.2, 0) is 0 Å². The molecule has 0 unspecified atom stereocenters. The van der Waals surface area contributed by atoms with Gasteiger partial charge in [-0.1, -0.05) is 30.0 Å². The van der Waals surface area contributed by atoms with Crippen LogP contribution in [-0.4, -0.2) is 21.2 Å². The van der Waals surface area contributed by atoms with Crippen molar-refractivity contribution in [2.24, 2.45) is 0 Å². The second-order valence-electron chi connectivity index (χ2n) is 2.99. The Morgan fingerprint density at radius 3 is 2.56 bits per heavy atom. The summed E-state index contributed by atoms with van der Waals surface area (Å²) in [6.45, 7) is 0. The first-order valence-corrected chi connectivity index (χ1v) is 5.88. The Hall–Kier alpha value is -1.82. The van der Waals surface area contributed by atoms with E-state index in [0.29, 0.717) is 11.1 Å². The van der Waals surface area contributed by atoms with Crippen molar-refractivity contribution in [2.75, 3.05) is 17.3 Å². The normalized spacial score (nSPS) is 10.1. The number of nitrogens with two attached hydrogens (primary N) is 1. The molecule has 0 spiro atoms. The summed E-state index contributed by atoms with van der Waals surface area (Å²) in [5.74, 6) is 0.681. The van der Waals surface area contributed by atoms with E-state index in [1.54, 1.807) is 0 Å². The van der Waals surface area contributed by atoms with E-state index in [1.165, 1.54) is 11.8 Å². The van der Waals surface area contributed by atoms with Gasteiger partial charge >= 0.3 is 0 Å². The highest BCUT2D eigenvalue weighted by Crippen LogP contribution is 2.15. The average Bonchev–Trinajstić information content (AvgIpc) is 2.29. The van der Waals surface area contributed by atoms with Crippen molar-refractivity contribution in [2.45, 2.75) is 5.16 Å². The number of hydrogen-bond donors (Lipinski definition) is 2. The monoisotopic (exact) mass is 233 g/mol. The topological polar surface area (TPSA) is 76.7 Å². The van der Waals surface area contributed by atoms with Gasteiger partial charge in [-0.3, -0.25) is 0 Å². The molecule has 0 radical (unpaired) electrons. The van der Waals surface area contributed by atoms with E-state index in [9.17, 15) is 0 Å². The van der Waals surface area contributed by atoms with Crippen LogP contribution >= 0.6 is 11.8 Å². The van der Waals surface area contributed by atoms with Gasteiger partial charge in [0.25, 0.3) is 0 Å². The van der Waals surface area contributed by atoms with Gasteiger partial charge in [0.2, 0.25) is 11.9 Å². The Balaban J connectivity index is 2.24. The number of nitrogen functional groups attached to an aromatic ring is 1. The Labute approximate surface area is 97.5 Å². The lowest BCUT2D eigenvalue weighted by Crippen LogP contribution is -2.04. The minimum Gasteiger partial charge on any atom is -0.368 e. The third-order valence-electron chi connectivity index (χ3n) is 1.84. The van der Waals surface area contributed by atoms with Crippen molar-refractivity contribution in [3.63, 3.8) is 0 Å². The van der Waals surface area contributed by atoms with Crippen molar-refractivity contribution < 1.29 is 0 Å². The summed E-state index contributed by atoms with van der Waals surface area (Å²) in [6.07, 6.45) is 1.89. The highest BCUT2D eigenvalue weighted by molar-refractivity contribution is 7.98. The molecule has 0 bridgehead atoms. The van der Waals surface area contributed by atoms with E-state index >= 15 is 0 Å². The van der Waals surface area contributed by atoms with Gasteiger partial charge in [-0.2, -0.15) is 15.0 Å². The maximum atomic E-state index is 5.57. The molecule has 2 aromatic rings. The van der Waals surface area contributed by atoms with E-state index in [2.05, 4.69) is 20.3 Å². The number of benzene rings is 1. The van der Waals surface area contributed by atoms with Crippen LogP contribution in [0.1, 0.15) is 0 Å². The van der Waals surface area contributed by atoms with Crippen molar-refractivity contribution in [3.05, 3.63) is 30.3 Å². The summed E-state index contributed by atoms with van der Waals surface area (Å²) in [4.78, 5) is 12.2. The standard InChI is InChI=1S/C10H11N5S/c1-16-10-14-8(11)13-9(15-10)12-7-5-3-2-4-6-7/h2-6H,1H3,(H3,11,12,13,14,15). The maximum Gasteiger partial charge on any atom is 0.233 e. The fourth-order valence-corrected chi connectivity index (χ4v) is 1.53. The van der Waals surface area contributed by atoms with Gasteiger partial charge in [0, 0.05) is 5.69 Å². The summed E-state index contributed by atoms with van der Waals surface area (Å²) >= 11 is 1.43. The predicted octanol–water partition coefficient (Wildman–Crippen LogP) is 1.92. The molecule has 0 aliphatic rings. The zero-order chi connectivity index (χ0) is 11.4. The molecule has 0 amide bonds. The first kappa shape index (κ1) is 10.7. The molecule has 5 nitrogen and oxygen atoms in total. The van der Waals surface area contributed by atoms with E-state index in [1.807, 2.05) is 36.6 Å². The Bertz CT molecular complexity index is 474. The van der Waals surface area contributed by atoms with E-state index in [-0.39, 0.29) is 5.95 Å². The third kappa shape index (κ3) is 2.60. The van der Waals surface area contributed by atoms with Crippen molar-refractivity contribution in [3.8, 4) is 0 Å². The number of rotatable bonds is 3. The molecule has 3 N–H and O–H groups in total. The first-order valence-electron chi connectivity index (χ1n) is 4.65. The zero-order valence-electron chi connectivity index (χ0n) is 8.71. The Kier molecular flexibility index (Phi) is 3.21. The summed E-state index contributed by atoms with van der Waals surface area (Å²) < 4.78 is 0. The van der Waals surface area contributed by atoms with Gasteiger partial charge in [-0.05, 0) is 18.4 Å².